The van der Waals surface area contributed by atoms with Crippen molar-refractivity contribution in [2.45, 2.75) is 84.5 Å². The zero-order valence-corrected chi connectivity index (χ0v) is 33.2. The summed E-state index contributed by atoms with van der Waals surface area (Å²) < 4.78 is 4.78. The summed E-state index contributed by atoms with van der Waals surface area (Å²) in [5.41, 5.74) is 5.25. The molecule has 2 saturated heterocycles. The highest BCUT2D eigenvalue weighted by atomic mass is 16.5. The molecule has 296 valence electrons. The molecule has 4 amide bonds. The number of benzene rings is 3. The summed E-state index contributed by atoms with van der Waals surface area (Å²) in [5.74, 6) is 0.747. The first-order valence-electron chi connectivity index (χ1n) is 19.9. The Bertz CT molecular complexity index is 2540. The predicted octanol–water partition coefficient (Wildman–Crippen LogP) is 6.68. The fourth-order valence-electron chi connectivity index (χ4n) is 8.57. The second-order valence-corrected chi connectivity index (χ2v) is 16.0. The van der Waals surface area contributed by atoms with E-state index in [4.69, 9.17) is 19.7 Å². The molecule has 0 unspecified atom stereocenters. The molecule has 57 heavy (non-hydrogen) atoms. The number of fused-ring (bicyclic) bond motifs is 6. The van der Waals surface area contributed by atoms with Crippen LogP contribution < -0.4 is 10.6 Å². The zero-order chi connectivity index (χ0) is 40.1. The number of likely N-dealkylation sites (tertiary alicyclic amines) is 2. The number of hydrogen-bond donors (Lipinski definition) is 4. The summed E-state index contributed by atoms with van der Waals surface area (Å²) in [7, 11) is 1.29. The van der Waals surface area contributed by atoms with Crippen LogP contribution in [0.3, 0.4) is 0 Å². The van der Waals surface area contributed by atoms with Crippen molar-refractivity contribution >= 4 is 67.4 Å². The molecule has 0 saturated carbocycles. The summed E-state index contributed by atoms with van der Waals surface area (Å²) in [6.07, 6.45) is 4.56. The molecule has 0 radical (unpaired) electrons. The number of rotatable bonds is 9. The Morgan fingerprint density at radius 1 is 0.772 bits per heavy atom. The van der Waals surface area contributed by atoms with Gasteiger partial charge in [-0.25, -0.2) is 19.7 Å². The molecular formula is C43H49N9O5. The van der Waals surface area contributed by atoms with Gasteiger partial charge in [0.25, 0.3) is 0 Å². The fourth-order valence-corrected chi connectivity index (χ4v) is 8.57. The van der Waals surface area contributed by atoms with Gasteiger partial charge in [-0.15, -0.1) is 0 Å². The molecule has 8 rings (SSSR count). The highest BCUT2D eigenvalue weighted by molar-refractivity contribution is 6.07. The Morgan fingerprint density at radius 2 is 1.44 bits per heavy atom. The molecule has 14 heteroatoms. The molecule has 4 N–H and O–H groups in total. The van der Waals surface area contributed by atoms with Gasteiger partial charge in [0.2, 0.25) is 17.7 Å². The summed E-state index contributed by atoms with van der Waals surface area (Å²) in [6.45, 7) is 10.3. The van der Waals surface area contributed by atoms with Crippen LogP contribution in [0.25, 0.3) is 54.9 Å². The number of amides is 4. The van der Waals surface area contributed by atoms with Crippen molar-refractivity contribution in [1.29, 1.82) is 0 Å². The Hall–Kier alpha value is -6.05. The van der Waals surface area contributed by atoms with Crippen LogP contribution in [0.4, 0.5) is 4.79 Å². The van der Waals surface area contributed by atoms with Crippen molar-refractivity contribution in [3.63, 3.8) is 0 Å². The zero-order valence-electron chi connectivity index (χ0n) is 33.2. The van der Waals surface area contributed by atoms with Gasteiger partial charge in [0.15, 0.2) is 5.82 Å². The lowest BCUT2D eigenvalue weighted by Gasteiger charge is -2.30. The van der Waals surface area contributed by atoms with Crippen LogP contribution in [0.15, 0.2) is 54.7 Å². The van der Waals surface area contributed by atoms with Gasteiger partial charge < -0.3 is 35.1 Å². The van der Waals surface area contributed by atoms with Gasteiger partial charge in [-0.05, 0) is 78.1 Å². The maximum absolute atomic E-state index is 13.7. The lowest BCUT2D eigenvalue weighted by molar-refractivity contribution is -0.138. The predicted molar refractivity (Wildman–Crippen MR) is 218 cm³/mol. The van der Waals surface area contributed by atoms with Crippen LogP contribution in [-0.4, -0.2) is 90.8 Å². The number of nitrogens with zero attached hydrogens (tertiary/aromatic N) is 5. The Kier molecular flexibility index (Phi) is 10.0. The van der Waals surface area contributed by atoms with Crippen LogP contribution in [-0.2, 0) is 19.1 Å². The van der Waals surface area contributed by atoms with Crippen LogP contribution in [0, 0.1) is 11.8 Å². The molecule has 3 aromatic heterocycles. The number of methoxy groups -OCH3 is 1. The Balaban J connectivity index is 1.05. The van der Waals surface area contributed by atoms with Gasteiger partial charge in [-0.1, -0.05) is 52.0 Å². The monoisotopic (exact) mass is 771 g/mol. The third kappa shape index (κ3) is 7.02. The molecule has 2 aliphatic rings. The highest BCUT2D eigenvalue weighted by Gasteiger charge is 2.39. The van der Waals surface area contributed by atoms with Crippen LogP contribution in [0.1, 0.15) is 84.0 Å². The minimum absolute atomic E-state index is 0.0385. The first-order valence-corrected chi connectivity index (χ1v) is 19.9. The number of ether oxygens (including phenoxy) is 1. The standard InChI is InChI=1S/C43H49N9O5/c1-22(2)35(45-24(5)53)41(54)51-17-7-9-33(51)39-46-30-15-12-25-19-27(11-14-28(25)37(30)48-39)32-20-26-13-16-31-38(29(26)21-44-32)49-40(47-31)34-10-8-18-52(34)42(55)36(23(3)4)50-43(56)57-6/h11-16,19-23,33-36,44H,7-10,17-18H2,1-6H3,(H,45,53)(H,46,48)(H,50,56)/t33-,34-,35-,36-/m0/s1. The average molecular weight is 772 g/mol. The second kappa shape index (κ2) is 15.1. The van der Waals surface area contributed by atoms with Crippen molar-refractivity contribution in [2.24, 2.45) is 11.8 Å². The first-order chi connectivity index (χ1) is 27.4. The average Bonchev–Trinajstić information content (AvgIpc) is 4.03. The molecule has 2 fully saturated rings. The molecular weight excluding hydrogens is 723 g/mol. The third-order valence-corrected chi connectivity index (χ3v) is 11.5. The van der Waals surface area contributed by atoms with E-state index >= 15 is 0 Å². The maximum Gasteiger partial charge on any atom is 0.407 e. The van der Waals surface area contributed by atoms with Crippen LogP contribution >= 0.6 is 0 Å². The van der Waals surface area contributed by atoms with E-state index in [1.807, 2.05) is 57.0 Å². The number of aromatic nitrogens is 5. The number of carbonyl (C=O) groups is 4. The van der Waals surface area contributed by atoms with E-state index in [-0.39, 0.29) is 41.6 Å². The van der Waals surface area contributed by atoms with Crippen LogP contribution in [0.5, 0.6) is 0 Å². The van der Waals surface area contributed by atoms with Gasteiger partial charge in [-0.3, -0.25) is 14.4 Å². The lowest BCUT2D eigenvalue weighted by atomic mass is 10.0. The molecule has 0 bridgehead atoms. The maximum atomic E-state index is 13.7. The molecule has 0 spiro atoms. The summed E-state index contributed by atoms with van der Waals surface area (Å²) in [6, 6.07) is 14.8. The summed E-state index contributed by atoms with van der Waals surface area (Å²) >= 11 is 0. The molecule has 6 aromatic rings. The Labute approximate surface area is 330 Å². The van der Waals surface area contributed by atoms with E-state index in [1.54, 1.807) is 4.90 Å². The lowest BCUT2D eigenvalue weighted by Crippen LogP contribution is -2.51. The minimum Gasteiger partial charge on any atom is -0.453 e. The number of imidazole rings is 2. The second-order valence-electron chi connectivity index (χ2n) is 16.0. The SMILES string of the molecule is COC(=O)N[C@H](C(=O)N1CCC[C@H]1c1nc2ccc3cc(-c4ccc5c(ccc6[nH]c([C@@H]7CCCN7C(=O)[C@@H](NC(C)=O)C(C)C)nc65)c4)[nH]cc3c2n1)C(C)C. The number of carbonyl (C=O) groups excluding carboxylic acids is 4. The van der Waals surface area contributed by atoms with Crippen LogP contribution in [0.2, 0.25) is 0 Å². The third-order valence-electron chi connectivity index (χ3n) is 11.5. The number of alkyl carbamates (subject to hydrolysis) is 1. The smallest absolute Gasteiger partial charge is 0.407 e. The Morgan fingerprint density at radius 3 is 2.14 bits per heavy atom. The molecule has 4 atom stereocenters. The number of nitrogens with one attached hydrogen (secondary N) is 4. The van der Waals surface area contributed by atoms with Gasteiger partial charge in [0.05, 0.1) is 35.7 Å². The van der Waals surface area contributed by atoms with Crippen molar-refractivity contribution in [3.05, 3.63) is 66.4 Å². The van der Waals surface area contributed by atoms with E-state index in [0.29, 0.717) is 18.9 Å². The van der Waals surface area contributed by atoms with E-state index in [2.05, 4.69) is 50.9 Å². The van der Waals surface area contributed by atoms with Crippen molar-refractivity contribution < 1.29 is 23.9 Å². The van der Waals surface area contributed by atoms with Crippen molar-refractivity contribution in [2.75, 3.05) is 20.2 Å². The normalized spacial score (nSPS) is 18.3. The summed E-state index contributed by atoms with van der Waals surface area (Å²) in [4.78, 5) is 76.9. The number of pyridine rings is 1. The molecule has 14 nitrogen and oxygen atoms in total. The summed E-state index contributed by atoms with van der Waals surface area (Å²) in [5, 5.41) is 9.54. The van der Waals surface area contributed by atoms with Gasteiger partial charge >= 0.3 is 6.09 Å². The van der Waals surface area contributed by atoms with E-state index in [9.17, 15) is 19.2 Å². The van der Waals surface area contributed by atoms with Gasteiger partial charge in [0.1, 0.15) is 23.4 Å². The minimum atomic E-state index is -0.713. The van der Waals surface area contributed by atoms with Crippen molar-refractivity contribution in [3.8, 4) is 11.3 Å². The number of aromatic amines is 2. The number of hydrogen-bond acceptors (Lipinski definition) is 8. The molecule has 3 aromatic carbocycles. The van der Waals surface area contributed by atoms with Crippen molar-refractivity contribution in [1.82, 2.24) is 45.4 Å². The van der Waals surface area contributed by atoms with E-state index < -0.39 is 18.2 Å². The van der Waals surface area contributed by atoms with Gasteiger partial charge in [-0.2, -0.15) is 0 Å². The fraction of sp³-hybridized carbons (Fsp3) is 0.419. The highest BCUT2D eigenvalue weighted by Crippen LogP contribution is 2.37. The molecule has 0 aliphatic carbocycles. The topological polar surface area (TPSA) is 178 Å². The van der Waals surface area contributed by atoms with E-state index in [1.165, 1.54) is 14.0 Å². The molecule has 5 heterocycles. The quantitative estimate of drug-likeness (QED) is 0.126. The molecule has 2 aliphatic heterocycles. The largest absolute Gasteiger partial charge is 0.453 e. The first kappa shape index (κ1) is 37.9. The van der Waals surface area contributed by atoms with E-state index in [0.717, 1.165) is 86.4 Å². The van der Waals surface area contributed by atoms with Gasteiger partial charge in [0, 0.05) is 42.7 Å². The number of H-pyrrole nitrogens is 2.